The van der Waals surface area contributed by atoms with Gasteiger partial charge in [0.2, 0.25) is 5.91 Å². The number of para-hydroxylation sites is 1. The van der Waals surface area contributed by atoms with Crippen LogP contribution in [-0.2, 0) is 18.4 Å². The van der Waals surface area contributed by atoms with Crippen molar-refractivity contribution in [2.24, 2.45) is 7.05 Å². The van der Waals surface area contributed by atoms with Crippen molar-refractivity contribution in [1.29, 1.82) is 0 Å². The van der Waals surface area contributed by atoms with E-state index in [4.69, 9.17) is 4.74 Å². The number of aromatic nitrogens is 1. The molecule has 3 aromatic carbocycles. The molecule has 1 aliphatic rings. The minimum absolute atomic E-state index is 0.0270. The second kappa shape index (κ2) is 8.62. The third kappa shape index (κ3) is 3.93. The first kappa shape index (κ1) is 21.1. The lowest BCUT2D eigenvalue weighted by Crippen LogP contribution is -2.35. The Morgan fingerprint density at radius 3 is 2.58 bits per heavy atom. The zero-order valence-electron chi connectivity index (χ0n) is 19.0. The predicted molar refractivity (Wildman–Crippen MR) is 129 cm³/mol. The minimum atomic E-state index is -0.0270. The number of nitrogens with zero attached hydrogens (tertiary/aromatic N) is 3. The highest BCUT2D eigenvalue weighted by molar-refractivity contribution is 6.10. The van der Waals surface area contributed by atoms with Crippen molar-refractivity contribution in [2.45, 2.75) is 13.0 Å². The van der Waals surface area contributed by atoms with Crippen LogP contribution in [0.5, 0.6) is 5.75 Å². The SMILES string of the molecule is COc1cccc(CN2CCN(C(=O)c3ccc4c(c3)c3ccccc3n4C)CCC2=O)c1. The van der Waals surface area contributed by atoms with Crippen LogP contribution in [0.2, 0.25) is 0 Å². The average Bonchev–Trinajstić information content (AvgIpc) is 3.01. The number of amides is 2. The van der Waals surface area contributed by atoms with Crippen LogP contribution in [0.1, 0.15) is 22.3 Å². The van der Waals surface area contributed by atoms with Crippen LogP contribution >= 0.6 is 0 Å². The van der Waals surface area contributed by atoms with Crippen LogP contribution in [-0.4, -0.2) is 52.9 Å². The summed E-state index contributed by atoms with van der Waals surface area (Å²) >= 11 is 0. The molecule has 0 saturated carbocycles. The molecule has 2 amide bonds. The number of benzene rings is 3. The topological polar surface area (TPSA) is 54.8 Å². The Bertz CT molecular complexity index is 1360. The summed E-state index contributed by atoms with van der Waals surface area (Å²) in [4.78, 5) is 29.8. The van der Waals surface area contributed by atoms with E-state index in [1.807, 2.05) is 66.5 Å². The van der Waals surface area contributed by atoms with E-state index in [1.165, 1.54) is 0 Å². The monoisotopic (exact) mass is 441 g/mol. The largest absolute Gasteiger partial charge is 0.497 e. The summed E-state index contributed by atoms with van der Waals surface area (Å²) in [5.41, 5.74) is 3.92. The Kier molecular flexibility index (Phi) is 5.50. The van der Waals surface area contributed by atoms with E-state index in [9.17, 15) is 9.59 Å². The summed E-state index contributed by atoms with van der Waals surface area (Å²) < 4.78 is 7.45. The molecule has 1 aliphatic heterocycles. The van der Waals surface area contributed by atoms with Crippen molar-refractivity contribution in [2.75, 3.05) is 26.7 Å². The van der Waals surface area contributed by atoms with Crippen LogP contribution in [0.25, 0.3) is 21.8 Å². The van der Waals surface area contributed by atoms with Gasteiger partial charge in [0.15, 0.2) is 0 Å². The first-order valence-electron chi connectivity index (χ1n) is 11.2. The number of rotatable bonds is 4. The first-order valence-corrected chi connectivity index (χ1v) is 11.2. The van der Waals surface area contributed by atoms with Crippen molar-refractivity contribution in [1.82, 2.24) is 14.4 Å². The zero-order valence-corrected chi connectivity index (χ0v) is 19.0. The van der Waals surface area contributed by atoms with Gasteiger partial charge in [-0.15, -0.1) is 0 Å². The smallest absolute Gasteiger partial charge is 0.253 e. The van der Waals surface area contributed by atoms with Gasteiger partial charge in [-0.1, -0.05) is 30.3 Å². The number of ether oxygens (including phenoxy) is 1. The summed E-state index contributed by atoms with van der Waals surface area (Å²) in [6, 6.07) is 21.9. The molecule has 0 radical (unpaired) electrons. The Hall–Kier alpha value is -3.80. The highest BCUT2D eigenvalue weighted by atomic mass is 16.5. The predicted octanol–water partition coefficient (Wildman–Crippen LogP) is 4.21. The lowest BCUT2D eigenvalue weighted by atomic mass is 10.1. The summed E-state index contributed by atoms with van der Waals surface area (Å²) in [5.74, 6) is 0.814. The molecule has 0 aliphatic carbocycles. The Morgan fingerprint density at radius 1 is 0.909 bits per heavy atom. The number of aryl methyl sites for hydroxylation is 1. The summed E-state index contributed by atoms with van der Waals surface area (Å²) in [5, 5.41) is 2.21. The molecule has 1 aromatic heterocycles. The quantitative estimate of drug-likeness (QED) is 0.477. The van der Waals surface area contributed by atoms with Gasteiger partial charge in [0.25, 0.3) is 5.91 Å². The molecule has 0 atom stereocenters. The van der Waals surface area contributed by atoms with E-state index in [2.05, 4.69) is 16.7 Å². The van der Waals surface area contributed by atoms with Gasteiger partial charge in [-0.25, -0.2) is 0 Å². The van der Waals surface area contributed by atoms with Gasteiger partial charge >= 0.3 is 0 Å². The molecule has 1 fully saturated rings. The van der Waals surface area contributed by atoms with Crippen molar-refractivity contribution >= 4 is 33.6 Å². The average molecular weight is 442 g/mol. The molecular weight excluding hydrogens is 414 g/mol. The van der Waals surface area contributed by atoms with E-state index in [0.29, 0.717) is 38.2 Å². The summed E-state index contributed by atoms with van der Waals surface area (Å²) in [6.45, 7) is 1.97. The highest BCUT2D eigenvalue weighted by Gasteiger charge is 2.25. The Morgan fingerprint density at radius 2 is 1.73 bits per heavy atom. The molecular formula is C27H27N3O3. The van der Waals surface area contributed by atoms with Crippen molar-refractivity contribution in [3.63, 3.8) is 0 Å². The standard InChI is InChI=1S/C27H27N3O3/c1-28-24-9-4-3-8-22(24)23-17-20(10-11-25(23)28)27(32)29-13-12-26(31)30(15-14-29)18-19-6-5-7-21(16-19)33-2/h3-11,16-17H,12-15,18H2,1-2H3. The maximum absolute atomic E-state index is 13.4. The Labute approximate surface area is 193 Å². The third-order valence-corrected chi connectivity index (χ3v) is 6.54. The van der Waals surface area contributed by atoms with Gasteiger partial charge in [-0.2, -0.15) is 0 Å². The molecule has 6 nitrogen and oxygen atoms in total. The molecule has 0 N–H and O–H groups in total. The van der Waals surface area contributed by atoms with E-state index >= 15 is 0 Å². The fourth-order valence-corrected chi connectivity index (χ4v) is 4.71. The van der Waals surface area contributed by atoms with Gasteiger partial charge in [-0.05, 0) is 42.0 Å². The number of hydrogen-bond donors (Lipinski definition) is 0. The molecule has 4 aromatic rings. The zero-order chi connectivity index (χ0) is 22.9. The minimum Gasteiger partial charge on any atom is -0.497 e. The van der Waals surface area contributed by atoms with Crippen molar-refractivity contribution in [3.8, 4) is 5.75 Å². The van der Waals surface area contributed by atoms with Crippen LogP contribution in [0.15, 0.2) is 66.7 Å². The molecule has 0 unspecified atom stereocenters. The van der Waals surface area contributed by atoms with E-state index in [1.54, 1.807) is 12.0 Å². The maximum Gasteiger partial charge on any atom is 0.253 e. The normalized spacial score (nSPS) is 14.7. The number of carbonyl (C=O) groups excluding carboxylic acids is 2. The van der Waals surface area contributed by atoms with Crippen LogP contribution < -0.4 is 4.74 Å². The lowest BCUT2D eigenvalue weighted by molar-refractivity contribution is -0.130. The van der Waals surface area contributed by atoms with Crippen molar-refractivity contribution in [3.05, 3.63) is 77.9 Å². The second-order valence-electron chi connectivity index (χ2n) is 8.52. The number of methoxy groups -OCH3 is 1. The number of hydrogen-bond acceptors (Lipinski definition) is 3. The van der Waals surface area contributed by atoms with E-state index < -0.39 is 0 Å². The van der Waals surface area contributed by atoms with Crippen LogP contribution in [0, 0.1) is 0 Å². The molecule has 5 rings (SSSR count). The van der Waals surface area contributed by atoms with Gasteiger partial charge in [0.05, 0.1) is 7.11 Å². The van der Waals surface area contributed by atoms with Crippen LogP contribution in [0.3, 0.4) is 0 Å². The van der Waals surface area contributed by atoms with Gasteiger partial charge in [0, 0.05) is 67.0 Å². The highest BCUT2D eigenvalue weighted by Crippen LogP contribution is 2.29. The summed E-state index contributed by atoms with van der Waals surface area (Å²) in [7, 11) is 3.68. The summed E-state index contributed by atoms with van der Waals surface area (Å²) in [6.07, 6.45) is 0.326. The molecule has 6 heteroatoms. The number of fused-ring (bicyclic) bond motifs is 3. The fourth-order valence-electron chi connectivity index (χ4n) is 4.71. The molecule has 0 spiro atoms. The lowest BCUT2D eigenvalue weighted by Gasteiger charge is -2.22. The van der Waals surface area contributed by atoms with Gasteiger partial charge < -0.3 is 19.1 Å². The fraction of sp³-hybridized carbons (Fsp3) is 0.259. The second-order valence-corrected chi connectivity index (χ2v) is 8.52. The molecule has 168 valence electrons. The van der Waals surface area contributed by atoms with Gasteiger partial charge in [0.1, 0.15) is 5.75 Å². The van der Waals surface area contributed by atoms with E-state index in [0.717, 1.165) is 33.1 Å². The molecule has 0 bridgehead atoms. The van der Waals surface area contributed by atoms with E-state index in [-0.39, 0.29) is 11.8 Å². The maximum atomic E-state index is 13.4. The Balaban J connectivity index is 1.35. The van der Waals surface area contributed by atoms with Crippen molar-refractivity contribution < 1.29 is 14.3 Å². The van der Waals surface area contributed by atoms with Crippen LogP contribution in [0.4, 0.5) is 0 Å². The number of carbonyl (C=O) groups is 2. The first-order chi connectivity index (χ1) is 16.0. The third-order valence-electron chi connectivity index (χ3n) is 6.54. The van der Waals surface area contributed by atoms with Gasteiger partial charge in [-0.3, -0.25) is 9.59 Å². The molecule has 2 heterocycles. The molecule has 1 saturated heterocycles. The molecule has 33 heavy (non-hydrogen) atoms.